The van der Waals surface area contributed by atoms with Crippen molar-refractivity contribution in [2.24, 2.45) is 5.92 Å². The van der Waals surface area contributed by atoms with Gasteiger partial charge in [-0.05, 0) is 19.3 Å². The van der Waals surface area contributed by atoms with Gasteiger partial charge in [0.15, 0.2) is 6.10 Å². The summed E-state index contributed by atoms with van der Waals surface area (Å²) in [5, 5.41) is 34.9. The molecule has 0 spiro atoms. The van der Waals surface area contributed by atoms with E-state index in [-0.39, 0.29) is 18.2 Å². The van der Waals surface area contributed by atoms with E-state index in [1.807, 2.05) is 6.92 Å². The van der Waals surface area contributed by atoms with Crippen molar-refractivity contribution in [1.82, 2.24) is 16.0 Å². The molecule has 24 heavy (non-hydrogen) atoms. The van der Waals surface area contributed by atoms with Gasteiger partial charge < -0.3 is 26.2 Å². The van der Waals surface area contributed by atoms with E-state index in [0.29, 0.717) is 25.8 Å². The highest BCUT2D eigenvalue weighted by Crippen LogP contribution is 2.18. The van der Waals surface area contributed by atoms with Crippen LogP contribution in [0.15, 0.2) is 0 Å². The number of carboxylic acid groups (broad SMARTS) is 1. The number of amides is 3. The Kier molecular flexibility index (Phi) is 7.98. The molecule has 1 rings (SSSR count). The lowest BCUT2D eigenvalue weighted by Crippen LogP contribution is -2.52. The Morgan fingerprint density at radius 2 is 2.17 bits per heavy atom. The van der Waals surface area contributed by atoms with Crippen molar-refractivity contribution in [1.29, 1.82) is 5.26 Å². The molecule has 0 aliphatic carbocycles. The number of aliphatic hydroxyl groups is 1. The SMILES string of the molecule is CCCC[C@H](NC(=O)O)C(=O)N[C@@H](C[C@@H]1CCNC1=O)C(O)C#N. The second-order valence-corrected chi connectivity index (χ2v) is 5.85. The number of rotatable bonds is 9. The highest BCUT2D eigenvalue weighted by atomic mass is 16.4. The monoisotopic (exact) mass is 340 g/mol. The largest absolute Gasteiger partial charge is 0.465 e. The molecule has 134 valence electrons. The van der Waals surface area contributed by atoms with Gasteiger partial charge in [0.1, 0.15) is 6.04 Å². The Morgan fingerprint density at radius 3 is 2.67 bits per heavy atom. The minimum Gasteiger partial charge on any atom is -0.465 e. The van der Waals surface area contributed by atoms with Crippen LogP contribution in [-0.4, -0.2) is 52.9 Å². The van der Waals surface area contributed by atoms with Crippen LogP contribution in [0, 0.1) is 17.2 Å². The number of nitrogens with one attached hydrogen (secondary N) is 3. The maximum atomic E-state index is 12.3. The number of aliphatic hydroxyl groups excluding tert-OH is 1. The van der Waals surface area contributed by atoms with E-state index in [1.54, 1.807) is 6.07 Å². The van der Waals surface area contributed by atoms with E-state index >= 15 is 0 Å². The summed E-state index contributed by atoms with van der Waals surface area (Å²) in [5.41, 5.74) is 0. The van der Waals surface area contributed by atoms with Gasteiger partial charge >= 0.3 is 6.09 Å². The lowest BCUT2D eigenvalue weighted by Gasteiger charge is -2.25. The number of unbranched alkanes of at least 4 members (excludes halogenated alkanes) is 1. The number of hydrogen-bond acceptors (Lipinski definition) is 5. The van der Waals surface area contributed by atoms with E-state index in [9.17, 15) is 19.5 Å². The molecule has 0 bridgehead atoms. The minimum absolute atomic E-state index is 0.125. The second kappa shape index (κ2) is 9.72. The summed E-state index contributed by atoms with van der Waals surface area (Å²) in [4.78, 5) is 34.8. The quantitative estimate of drug-likeness (QED) is 0.364. The van der Waals surface area contributed by atoms with Gasteiger partial charge in [-0.2, -0.15) is 5.26 Å². The first kappa shape index (κ1) is 19.7. The molecule has 0 aromatic heterocycles. The minimum atomic E-state index is -1.47. The van der Waals surface area contributed by atoms with Gasteiger partial charge in [0.05, 0.1) is 12.1 Å². The fourth-order valence-corrected chi connectivity index (χ4v) is 2.64. The molecular weight excluding hydrogens is 316 g/mol. The fourth-order valence-electron chi connectivity index (χ4n) is 2.64. The first-order chi connectivity index (χ1) is 11.4. The topological polar surface area (TPSA) is 152 Å². The van der Waals surface area contributed by atoms with E-state index in [0.717, 1.165) is 6.42 Å². The zero-order valence-electron chi connectivity index (χ0n) is 13.6. The standard InChI is InChI=1S/C15H24N4O5/c1-2-3-4-10(19-15(23)24)14(22)18-11(12(20)8-16)7-9-5-6-17-13(9)21/h9-12,19-20H,2-7H2,1H3,(H,17,21)(H,18,22)(H,23,24)/t9-,10-,11-,12?/m0/s1. The third-order valence-electron chi connectivity index (χ3n) is 4.00. The molecule has 1 unspecified atom stereocenters. The Balaban J connectivity index is 2.74. The predicted octanol–water partition coefficient (Wildman–Crippen LogP) is -0.292. The molecule has 1 aliphatic heterocycles. The van der Waals surface area contributed by atoms with Crippen molar-refractivity contribution in [3.63, 3.8) is 0 Å². The molecule has 0 aromatic carbocycles. The highest BCUT2D eigenvalue weighted by molar-refractivity contribution is 5.85. The lowest BCUT2D eigenvalue weighted by atomic mass is 9.95. The van der Waals surface area contributed by atoms with Gasteiger partial charge in [0.25, 0.3) is 0 Å². The molecule has 1 fully saturated rings. The molecule has 0 aromatic rings. The van der Waals surface area contributed by atoms with E-state index in [4.69, 9.17) is 10.4 Å². The molecule has 0 saturated carbocycles. The van der Waals surface area contributed by atoms with Crippen LogP contribution < -0.4 is 16.0 Å². The zero-order valence-corrected chi connectivity index (χ0v) is 13.6. The summed E-state index contributed by atoms with van der Waals surface area (Å²) < 4.78 is 0. The predicted molar refractivity (Wildman–Crippen MR) is 83.8 cm³/mol. The smallest absolute Gasteiger partial charge is 0.405 e. The molecule has 1 saturated heterocycles. The molecule has 9 nitrogen and oxygen atoms in total. The number of nitrogens with zero attached hydrogens (tertiary/aromatic N) is 1. The zero-order chi connectivity index (χ0) is 18.1. The van der Waals surface area contributed by atoms with Gasteiger partial charge in [-0.3, -0.25) is 9.59 Å². The molecule has 9 heteroatoms. The number of carbonyl (C=O) groups is 3. The summed E-state index contributed by atoms with van der Waals surface area (Å²) in [5.74, 6) is -1.17. The van der Waals surface area contributed by atoms with E-state index in [2.05, 4.69) is 16.0 Å². The molecule has 5 N–H and O–H groups in total. The maximum absolute atomic E-state index is 12.3. The average molecular weight is 340 g/mol. The maximum Gasteiger partial charge on any atom is 0.405 e. The van der Waals surface area contributed by atoms with Crippen LogP contribution in [0.3, 0.4) is 0 Å². The molecular formula is C15H24N4O5. The van der Waals surface area contributed by atoms with Crippen LogP contribution in [-0.2, 0) is 9.59 Å². The molecule has 0 radical (unpaired) electrons. The normalized spacial score (nSPS) is 20.4. The molecule has 1 heterocycles. The van der Waals surface area contributed by atoms with Gasteiger partial charge in [-0.1, -0.05) is 19.8 Å². The first-order valence-electron chi connectivity index (χ1n) is 8.04. The summed E-state index contributed by atoms with van der Waals surface area (Å²) in [6.07, 6.45) is -0.353. The van der Waals surface area contributed by atoms with Gasteiger partial charge in [0.2, 0.25) is 11.8 Å². The third kappa shape index (κ3) is 6.04. The van der Waals surface area contributed by atoms with Crippen LogP contribution in [0.5, 0.6) is 0 Å². The summed E-state index contributed by atoms with van der Waals surface area (Å²) in [7, 11) is 0. The van der Waals surface area contributed by atoms with Crippen molar-refractivity contribution in [3.05, 3.63) is 0 Å². The van der Waals surface area contributed by atoms with Crippen LogP contribution in [0.2, 0.25) is 0 Å². The molecule has 1 aliphatic rings. The Labute approximate surface area is 140 Å². The number of hydrogen-bond donors (Lipinski definition) is 5. The first-order valence-corrected chi connectivity index (χ1v) is 8.04. The van der Waals surface area contributed by atoms with Gasteiger partial charge in [0, 0.05) is 12.5 Å². The van der Waals surface area contributed by atoms with Crippen molar-refractivity contribution < 1.29 is 24.6 Å². The van der Waals surface area contributed by atoms with Crippen LogP contribution in [0.25, 0.3) is 0 Å². The van der Waals surface area contributed by atoms with Crippen LogP contribution >= 0.6 is 0 Å². The molecule has 4 atom stereocenters. The van der Waals surface area contributed by atoms with Crippen molar-refractivity contribution in [2.75, 3.05) is 6.54 Å². The van der Waals surface area contributed by atoms with Crippen molar-refractivity contribution in [2.45, 2.75) is 57.2 Å². The van der Waals surface area contributed by atoms with Crippen molar-refractivity contribution in [3.8, 4) is 6.07 Å². The number of nitriles is 1. The average Bonchev–Trinajstić information content (AvgIpc) is 2.94. The Bertz CT molecular complexity index is 505. The van der Waals surface area contributed by atoms with Gasteiger partial charge in [-0.25, -0.2) is 4.79 Å². The molecule has 3 amide bonds. The third-order valence-corrected chi connectivity index (χ3v) is 4.00. The van der Waals surface area contributed by atoms with Crippen LogP contribution in [0.1, 0.15) is 39.0 Å². The second-order valence-electron chi connectivity index (χ2n) is 5.85. The van der Waals surface area contributed by atoms with E-state index in [1.165, 1.54) is 0 Å². The summed E-state index contributed by atoms with van der Waals surface area (Å²) in [6, 6.07) is -0.244. The highest BCUT2D eigenvalue weighted by Gasteiger charge is 2.32. The van der Waals surface area contributed by atoms with E-state index < -0.39 is 30.2 Å². The summed E-state index contributed by atoms with van der Waals surface area (Å²) >= 11 is 0. The lowest BCUT2D eigenvalue weighted by molar-refractivity contribution is -0.126. The fraction of sp³-hybridized carbons (Fsp3) is 0.733. The number of carbonyl (C=O) groups excluding carboxylic acids is 2. The Morgan fingerprint density at radius 1 is 1.46 bits per heavy atom. The Hall–Kier alpha value is -2.34. The van der Waals surface area contributed by atoms with Crippen molar-refractivity contribution >= 4 is 17.9 Å². The van der Waals surface area contributed by atoms with Gasteiger partial charge in [-0.15, -0.1) is 0 Å². The van der Waals surface area contributed by atoms with Crippen LogP contribution in [0.4, 0.5) is 4.79 Å². The summed E-state index contributed by atoms with van der Waals surface area (Å²) in [6.45, 7) is 2.43.